The van der Waals surface area contributed by atoms with Crippen molar-refractivity contribution in [2.75, 3.05) is 13.1 Å². The lowest BCUT2D eigenvalue weighted by Gasteiger charge is -2.29. The molecule has 1 saturated heterocycles. The highest BCUT2D eigenvalue weighted by atomic mass is 32.2. The molecule has 1 aromatic heterocycles. The number of benzene rings is 1. The number of hydrogen-bond donors (Lipinski definition) is 0. The van der Waals surface area contributed by atoms with E-state index in [0.717, 1.165) is 31.0 Å². The van der Waals surface area contributed by atoms with Gasteiger partial charge in [0.1, 0.15) is 16.5 Å². The van der Waals surface area contributed by atoms with Crippen LogP contribution in [0.15, 0.2) is 27.5 Å². The maximum atomic E-state index is 13.8. The zero-order valence-electron chi connectivity index (χ0n) is 13.4. The first kappa shape index (κ1) is 16.6. The predicted octanol–water partition coefficient (Wildman–Crippen LogP) is 2.79. The average molecular weight is 369 g/mol. The predicted molar refractivity (Wildman–Crippen MR) is 83.4 cm³/mol. The highest BCUT2D eigenvalue weighted by Crippen LogP contribution is 2.40. The monoisotopic (exact) mass is 369 g/mol. The minimum Gasteiger partial charge on any atom is -0.425 e. The van der Waals surface area contributed by atoms with Crippen molar-refractivity contribution in [1.29, 1.82) is 0 Å². The van der Waals surface area contributed by atoms with Crippen LogP contribution in [0.2, 0.25) is 0 Å². The van der Waals surface area contributed by atoms with Crippen LogP contribution in [-0.2, 0) is 10.0 Å². The van der Waals surface area contributed by atoms with Crippen LogP contribution in [0.4, 0.5) is 8.78 Å². The van der Waals surface area contributed by atoms with Crippen molar-refractivity contribution in [3.63, 3.8) is 0 Å². The second kappa shape index (κ2) is 6.14. The molecule has 1 aliphatic carbocycles. The van der Waals surface area contributed by atoms with Crippen LogP contribution in [0.1, 0.15) is 49.3 Å². The molecule has 1 saturated carbocycles. The van der Waals surface area contributed by atoms with Crippen molar-refractivity contribution in [2.45, 2.75) is 42.4 Å². The van der Waals surface area contributed by atoms with Crippen LogP contribution in [0.25, 0.3) is 0 Å². The molecule has 0 spiro atoms. The maximum Gasteiger partial charge on any atom is 0.246 e. The molecule has 2 aliphatic rings. The summed E-state index contributed by atoms with van der Waals surface area (Å²) in [6.45, 7) is 0.397. The molecule has 4 rings (SSSR count). The van der Waals surface area contributed by atoms with Gasteiger partial charge in [0.2, 0.25) is 21.8 Å². The summed E-state index contributed by atoms with van der Waals surface area (Å²) in [5.41, 5.74) is 0. The van der Waals surface area contributed by atoms with Gasteiger partial charge in [0.05, 0.1) is 0 Å². The smallest absolute Gasteiger partial charge is 0.246 e. The number of aromatic nitrogens is 2. The molecule has 25 heavy (non-hydrogen) atoms. The van der Waals surface area contributed by atoms with Crippen LogP contribution in [0.3, 0.4) is 0 Å². The Labute approximate surface area is 143 Å². The number of nitrogens with zero attached hydrogens (tertiary/aromatic N) is 3. The molecule has 9 heteroatoms. The van der Waals surface area contributed by atoms with E-state index in [0.29, 0.717) is 30.5 Å². The van der Waals surface area contributed by atoms with Crippen LogP contribution < -0.4 is 0 Å². The largest absolute Gasteiger partial charge is 0.425 e. The molecular formula is C16H17F2N3O3S. The summed E-state index contributed by atoms with van der Waals surface area (Å²) in [4.78, 5) is -0.625. The van der Waals surface area contributed by atoms with Gasteiger partial charge in [0.15, 0.2) is 0 Å². The third-order valence-electron chi connectivity index (χ3n) is 4.70. The summed E-state index contributed by atoms with van der Waals surface area (Å²) in [6.07, 6.45) is 3.14. The van der Waals surface area contributed by atoms with E-state index < -0.39 is 26.6 Å². The Kier molecular flexibility index (Phi) is 4.07. The van der Waals surface area contributed by atoms with Crippen molar-refractivity contribution in [2.24, 2.45) is 0 Å². The van der Waals surface area contributed by atoms with Gasteiger partial charge < -0.3 is 4.42 Å². The first-order valence-corrected chi connectivity index (χ1v) is 9.67. The first-order chi connectivity index (χ1) is 11.9. The van der Waals surface area contributed by atoms with E-state index in [4.69, 9.17) is 4.42 Å². The molecule has 0 N–H and O–H groups in total. The molecule has 134 valence electrons. The first-order valence-electron chi connectivity index (χ1n) is 8.23. The number of hydrogen-bond acceptors (Lipinski definition) is 5. The maximum absolute atomic E-state index is 13.8. The van der Waals surface area contributed by atoms with Crippen LogP contribution in [0.5, 0.6) is 0 Å². The molecule has 0 atom stereocenters. The van der Waals surface area contributed by atoms with E-state index in [-0.39, 0.29) is 19.0 Å². The molecule has 6 nitrogen and oxygen atoms in total. The Morgan fingerprint density at radius 3 is 2.20 bits per heavy atom. The van der Waals surface area contributed by atoms with Gasteiger partial charge in [0, 0.05) is 24.9 Å². The van der Waals surface area contributed by atoms with Crippen LogP contribution in [0, 0.1) is 11.6 Å². The van der Waals surface area contributed by atoms with Crippen molar-refractivity contribution in [3.8, 4) is 0 Å². The van der Waals surface area contributed by atoms with Gasteiger partial charge in [-0.15, -0.1) is 10.2 Å². The molecule has 0 unspecified atom stereocenters. The fourth-order valence-corrected chi connectivity index (χ4v) is 4.61. The fraction of sp³-hybridized carbons (Fsp3) is 0.500. The Bertz CT molecular complexity index is 888. The topological polar surface area (TPSA) is 76.3 Å². The zero-order valence-corrected chi connectivity index (χ0v) is 14.2. The van der Waals surface area contributed by atoms with Crippen LogP contribution >= 0.6 is 0 Å². The molecule has 0 amide bonds. The lowest BCUT2D eigenvalue weighted by molar-refractivity contribution is 0.285. The molecule has 1 aromatic carbocycles. The molecule has 0 radical (unpaired) electrons. The number of sulfonamides is 1. The van der Waals surface area contributed by atoms with Gasteiger partial charge in [-0.3, -0.25) is 0 Å². The van der Waals surface area contributed by atoms with Gasteiger partial charge in [-0.05, 0) is 43.9 Å². The van der Waals surface area contributed by atoms with E-state index >= 15 is 0 Å². The highest BCUT2D eigenvalue weighted by molar-refractivity contribution is 7.89. The van der Waals surface area contributed by atoms with Crippen molar-refractivity contribution in [3.05, 3.63) is 41.6 Å². The molecule has 0 bridgehead atoms. The average Bonchev–Trinajstić information content (AvgIpc) is 3.34. The van der Waals surface area contributed by atoms with Crippen molar-refractivity contribution in [1.82, 2.24) is 14.5 Å². The summed E-state index contributed by atoms with van der Waals surface area (Å²) in [7, 11) is -4.07. The lowest BCUT2D eigenvalue weighted by atomic mass is 9.98. The Morgan fingerprint density at radius 1 is 1.00 bits per heavy atom. The molecule has 2 fully saturated rings. The number of rotatable bonds is 4. The van der Waals surface area contributed by atoms with Gasteiger partial charge in [-0.25, -0.2) is 17.2 Å². The van der Waals surface area contributed by atoms with Crippen molar-refractivity contribution < 1.29 is 21.6 Å². The quantitative estimate of drug-likeness (QED) is 0.828. The van der Waals surface area contributed by atoms with Gasteiger partial charge >= 0.3 is 0 Å². The fourth-order valence-electron chi connectivity index (χ4n) is 3.06. The summed E-state index contributed by atoms with van der Waals surface area (Å²) in [5.74, 6) is -0.174. The molecular weight excluding hydrogens is 352 g/mol. The van der Waals surface area contributed by atoms with Crippen molar-refractivity contribution >= 4 is 10.0 Å². The van der Waals surface area contributed by atoms with E-state index in [1.54, 1.807) is 0 Å². The summed E-state index contributed by atoms with van der Waals surface area (Å²) >= 11 is 0. The zero-order chi connectivity index (χ0) is 17.6. The van der Waals surface area contributed by atoms with E-state index in [1.165, 1.54) is 4.31 Å². The normalized spacial score (nSPS) is 20.1. The van der Waals surface area contributed by atoms with Gasteiger partial charge in [-0.2, -0.15) is 4.31 Å². The minimum absolute atomic E-state index is 0.0104. The SMILES string of the molecule is O=S(=O)(c1cc(F)ccc1F)N1CCC(c2nnc(C3CC3)o2)CC1. The number of piperidine rings is 1. The Morgan fingerprint density at radius 2 is 1.60 bits per heavy atom. The lowest BCUT2D eigenvalue weighted by Crippen LogP contribution is -2.38. The summed E-state index contributed by atoms with van der Waals surface area (Å²) < 4.78 is 59.2. The summed E-state index contributed by atoms with van der Waals surface area (Å²) in [5, 5.41) is 8.13. The third-order valence-corrected chi connectivity index (χ3v) is 6.61. The van der Waals surface area contributed by atoms with E-state index in [1.807, 2.05) is 0 Å². The van der Waals surface area contributed by atoms with Gasteiger partial charge in [0.25, 0.3) is 0 Å². The highest BCUT2D eigenvalue weighted by Gasteiger charge is 2.35. The molecule has 1 aliphatic heterocycles. The standard InChI is InChI=1S/C16H17F2N3O3S/c17-12-3-4-13(18)14(9-12)25(22,23)21-7-5-11(6-8-21)16-20-19-15(24-16)10-1-2-10/h3-4,9-11H,1-2,5-8H2. The third kappa shape index (κ3) is 3.18. The van der Waals surface area contributed by atoms with E-state index in [9.17, 15) is 17.2 Å². The second-order valence-corrected chi connectivity index (χ2v) is 8.41. The summed E-state index contributed by atoms with van der Waals surface area (Å²) in [6, 6.07) is 2.44. The second-order valence-electron chi connectivity index (χ2n) is 6.51. The number of halogens is 2. The minimum atomic E-state index is -4.07. The Hall–Kier alpha value is -1.87. The van der Waals surface area contributed by atoms with E-state index in [2.05, 4.69) is 10.2 Å². The van der Waals surface area contributed by atoms with Crippen LogP contribution in [-0.4, -0.2) is 36.0 Å². The molecule has 2 heterocycles. The molecule has 2 aromatic rings. The Balaban J connectivity index is 1.47. The van der Waals surface area contributed by atoms with Gasteiger partial charge in [-0.1, -0.05) is 0 Å².